The van der Waals surface area contributed by atoms with Crippen LogP contribution in [0.5, 0.6) is 0 Å². The number of carbonyl (C=O) groups excluding carboxylic acids is 1. The molecule has 0 spiro atoms. The molecule has 3 aliphatic heterocycles. The van der Waals surface area contributed by atoms with E-state index in [9.17, 15) is 4.79 Å². The number of nitrogens with zero attached hydrogens (tertiary/aromatic N) is 1. The van der Waals surface area contributed by atoms with Gasteiger partial charge in [0.2, 0.25) is 0 Å². The highest BCUT2D eigenvalue weighted by atomic mass is 16.5. The van der Waals surface area contributed by atoms with Gasteiger partial charge in [0.25, 0.3) is 0 Å². The Hall–Kier alpha value is -0.770. The van der Waals surface area contributed by atoms with E-state index in [1.165, 1.54) is 12.8 Å². The van der Waals surface area contributed by atoms with E-state index in [0.29, 0.717) is 36.0 Å². The number of rotatable bonds is 1. The summed E-state index contributed by atoms with van der Waals surface area (Å²) in [5.41, 5.74) is 0. The minimum Gasteiger partial charge on any atom is -0.374 e. The summed E-state index contributed by atoms with van der Waals surface area (Å²) >= 11 is 0. The van der Waals surface area contributed by atoms with E-state index in [4.69, 9.17) is 4.74 Å². The van der Waals surface area contributed by atoms with Crippen LogP contribution < -0.4 is 5.32 Å². The summed E-state index contributed by atoms with van der Waals surface area (Å²) in [6.07, 6.45) is 4.47. The second-order valence-corrected chi connectivity index (χ2v) is 6.29. The third kappa shape index (κ3) is 1.49. The van der Waals surface area contributed by atoms with Crippen LogP contribution in [0.4, 0.5) is 4.79 Å². The Bertz CT molecular complexity index is 341. The van der Waals surface area contributed by atoms with Gasteiger partial charge in [-0.25, -0.2) is 4.79 Å². The number of likely N-dealkylation sites (tertiary alicyclic amines) is 1. The van der Waals surface area contributed by atoms with Crippen LogP contribution in [0.2, 0.25) is 0 Å². The van der Waals surface area contributed by atoms with Crippen molar-refractivity contribution in [3.8, 4) is 0 Å². The topological polar surface area (TPSA) is 41.6 Å². The average molecular weight is 236 g/mol. The van der Waals surface area contributed by atoms with Crippen molar-refractivity contribution in [3.63, 3.8) is 0 Å². The molecule has 4 rings (SSSR count). The van der Waals surface area contributed by atoms with Crippen LogP contribution >= 0.6 is 0 Å². The summed E-state index contributed by atoms with van der Waals surface area (Å²) in [7, 11) is 0. The number of carbonyl (C=O) groups is 1. The van der Waals surface area contributed by atoms with E-state index in [-0.39, 0.29) is 6.03 Å². The smallest absolute Gasteiger partial charge is 0.317 e. The molecular formula is C13H20N2O2. The van der Waals surface area contributed by atoms with E-state index in [1.54, 1.807) is 0 Å². The predicted octanol–water partition coefficient (Wildman–Crippen LogP) is 1.21. The summed E-state index contributed by atoms with van der Waals surface area (Å²) < 4.78 is 5.92. The van der Waals surface area contributed by atoms with Gasteiger partial charge in [0.15, 0.2) is 0 Å². The fourth-order valence-corrected chi connectivity index (χ4v) is 3.90. The second-order valence-electron chi connectivity index (χ2n) is 6.29. The maximum absolute atomic E-state index is 12.1. The standard InChI is InChI=1S/C13H20N2O2/c1-7-4-10(7)14-13(16)15-5-8-9(6-15)12-3-2-11(8)17-12/h7-12H,2-6H2,1H3,(H,14,16)/t7-,8-,9-,10+,11-,12-/m1/s1. The highest BCUT2D eigenvalue weighted by Gasteiger charge is 2.54. The van der Waals surface area contributed by atoms with Gasteiger partial charge in [0, 0.05) is 31.0 Å². The zero-order valence-electron chi connectivity index (χ0n) is 10.3. The van der Waals surface area contributed by atoms with Crippen LogP contribution in [-0.4, -0.2) is 42.3 Å². The van der Waals surface area contributed by atoms with Gasteiger partial charge < -0.3 is 15.0 Å². The van der Waals surface area contributed by atoms with Gasteiger partial charge in [-0.15, -0.1) is 0 Å². The van der Waals surface area contributed by atoms with Gasteiger partial charge in [-0.3, -0.25) is 0 Å². The molecule has 94 valence electrons. The number of ether oxygens (including phenoxy) is 1. The van der Waals surface area contributed by atoms with Gasteiger partial charge >= 0.3 is 6.03 Å². The molecule has 4 nitrogen and oxygen atoms in total. The molecule has 4 aliphatic rings. The summed E-state index contributed by atoms with van der Waals surface area (Å²) in [6, 6.07) is 0.601. The van der Waals surface area contributed by atoms with Gasteiger partial charge in [0.1, 0.15) is 0 Å². The van der Waals surface area contributed by atoms with E-state index >= 15 is 0 Å². The number of fused-ring (bicyclic) bond motifs is 5. The summed E-state index contributed by atoms with van der Waals surface area (Å²) in [5.74, 6) is 1.92. The third-order valence-electron chi connectivity index (χ3n) is 5.16. The Balaban J connectivity index is 1.40. The van der Waals surface area contributed by atoms with Crippen molar-refractivity contribution >= 4 is 6.03 Å². The molecule has 3 saturated heterocycles. The maximum atomic E-state index is 12.1. The van der Waals surface area contributed by atoms with Crippen molar-refractivity contribution in [1.82, 2.24) is 10.2 Å². The molecule has 6 atom stereocenters. The van der Waals surface area contributed by atoms with Gasteiger partial charge in [-0.2, -0.15) is 0 Å². The van der Waals surface area contributed by atoms with E-state index in [2.05, 4.69) is 12.2 Å². The third-order valence-corrected chi connectivity index (χ3v) is 5.16. The van der Waals surface area contributed by atoms with E-state index in [0.717, 1.165) is 19.5 Å². The number of urea groups is 1. The molecule has 0 radical (unpaired) electrons. The molecule has 3 heterocycles. The largest absolute Gasteiger partial charge is 0.374 e. The van der Waals surface area contributed by atoms with Crippen LogP contribution in [0.15, 0.2) is 0 Å². The number of nitrogens with one attached hydrogen (secondary N) is 1. The van der Waals surface area contributed by atoms with Crippen molar-refractivity contribution in [2.45, 2.75) is 44.4 Å². The lowest BCUT2D eigenvalue weighted by Gasteiger charge is -2.19. The lowest BCUT2D eigenvalue weighted by atomic mass is 9.82. The first-order valence-electron chi connectivity index (χ1n) is 6.93. The SMILES string of the molecule is C[C@@H]1C[C@@H]1NC(=O)N1C[C@@H]2[C@@H](C1)[C@H]1CC[C@H]2O1. The van der Waals surface area contributed by atoms with Gasteiger partial charge in [-0.1, -0.05) is 6.92 Å². The maximum Gasteiger partial charge on any atom is 0.317 e. The molecule has 0 aromatic heterocycles. The van der Waals surface area contributed by atoms with Crippen LogP contribution in [0.1, 0.15) is 26.2 Å². The normalized spacial score (nSPS) is 50.5. The number of hydrogen-bond acceptors (Lipinski definition) is 2. The predicted molar refractivity (Wildman–Crippen MR) is 62.5 cm³/mol. The first-order chi connectivity index (χ1) is 8.22. The van der Waals surface area contributed by atoms with Crippen molar-refractivity contribution in [2.75, 3.05) is 13.1 Å². The molecule has 0 aromatic carbocycles. The van der Waals surface area contributed by atoms with Crippen LogP contribution in [0.3, 0.4) is 0 Å². The average Bonchev–Trinajstić information content (AvgIpc) is 2.83. The van der Waals surface area contributed by atoms with Gasteiger partial charge in [-0.05, 0) is 25.2 Å². The summed E-state index contributed by atoms with van der Waals surface area (Å²) in [4.78, 5) is 14.1. The first-order valence-corrected chi connectivity index (χ1v) is 6.93. The van der Waals surface area contributed by atoms with Crippen molar-refractivity contribution in [1.29, 1.82) is 0 Å². The van der Waals surface area contributed by atoms with E-state index < -0.39 is 0 Å². The monoisotopic (exact) mass is 236 g/mol. The molecule has 1 saturated carbocycles. The Morgan fingerprint density at radius 1 is 1.24 bits per heavy atom. The quantitative estimate of drug-likeness (QED) is 0.743. The highest BCUT2D eigenvalue weighted by Crippen LogP contribution is 2.47. The fraction of sp³-hybridized carbons (Fsp3) is 0.923. The van der Waals surface area contributed by atoms with Crippen molar-refractivity contribution < 1.29 is 9.53 Å². The Kier molecular flexibility index (Phi) is 2.02. The molecule has 0 aromatic rings. The Labute approximate surface area is 102 Å². The molecular weight excluding hydrogens is 216 g/mol. The highest BCUT2D eigenvalue weighted by molar-refractivity contribution is 5.75. The van der Waals surface area contributed by atoms with Crippen LogP contribution in [0, 0.1) is 17.8 Å². The Morgan fingerprint density at radius 2 is 1.82 bits per heavy atom. The lowest BCUT2D eigenvalue weighted by molar-refractivity contribution is 0.0738. The van der Waals surface area contributed by atoms with Crippen molar-refractivity contribution in [3.05, 3.63) is 0 Å². The molecule has 4 fully saturated rings. The van der Waals surface area contributed by atoms with Crippen LogP contribution in [-0.2, 0) is 4.74 Å². The molecule has 1 aliphatic carbocycles. The van der Waals surface area contributed by atoms with E-state index in [1.807, 2.05) is 4.90 Å². The summed E-state index contributed by atoms with van der Waals surface area (Å²) in [6.45, 7) is 4.02. The van der Waals surface area contributed by atoms with Crippen LogP contribution in [0.25, 0.3) is 0 Å². The molecule has 0 unspecified atom stereocenters. The lowest BCUT2D eigenvalue weighted by Crippen LogP contribution is -2.41. The zero-order valence-corrected chi connectivity index (χ0v) is 10.3. The van der Waals surface area contributed by atoms with Crippen molar-refractivity contribution in [2.24, 2.45) is 17.8 Å². The summed E-state index contributed by atoms with van der Waals surface area (Å²) in [5, 5.41) is 3.13. The molecule has 2 amide bonds. The number of amides is 2. The minimum absolute atomic E-state index is 0.160. The van der Waals surface area contributed by atoms with Gasteiger partial charge in [0.05, 0.1) is 12.2 Å². The number of hydrogen-bond donors (Lipinski definition) is 1. The fourth-order valence-electron chi connectivity index (χ4n) is 3.90. The Morgan fingerprint density at radius 3 is 2.35 bits per heavy atom. The zero-order chi connectivity index (χ0) is 11.6. The molecule has 2 bridgehead atoms. The first kappa shape index (κ1) is 10.2. The molecule has 4 heteroatoms. The molecule has 1 N–H and O–H groups in total. The minimum atomic E-state index is 0.160. The second kappa shape index (κ2) is 3.37. The molecule has 17 heavy (non-hydrogen) atoms.